The Morgan fingerprint density at radius 3 is 2.58 bits per heavy atom. The number of β-amino-alcohol motifs (C(OH)–C–C–N with tert-alkyl or cyclic N) is 2. The van der Waals surface area contributed by atoms with E-state index in [-0.39, 0.29) is 82.2 Å². The van der Waals surface area contributed by atoms with E-state index in [4.69, 9.17) is 19.2 Å². The van der Waals surface area contributed by atoms with Crippen molar-refractivity contribution in [2.45, 2.75) is 84.0 Å². The number of nitrogens with zero attached hydrogens (tertiary/aromatic N) is 5. The van der Waals surface area contributed by atoms with Gasteiger partial charge in [0.2, 0.25) is 5.88 Å². The van der Waals surface area contributed by atoms with E-state index in [9.17, 15) is 15.3 Å². The van der Waals surface area contributed by atoms with E-state index < -0.39 is 22.8 Å². The molecule has 0 radical (unpaired) electrons. The molecule has 3 unspecified atom stereocenters. The maximum Gasteiger partial charge on any atom is 0.319 e. The monoisotopic (exact) mass is 723 g/mol. The number of aliphatic hydroxyl groups is 2. The molecule has 13 heteroatoms. The quantitative estimate of drug-likeness (QED) is 0.191. The number of hydrogen-bond donors (Lipinski definition) is 3. The van der Waals surface area contributed by atoms with E-state index >= 15 is 8.78 Å². The number of halogens is 2. The van der Waals surface area contributed by atoms with Gasteiger partial charge in [0.25, 0.3) is 0 Å². The first-order valence-electron chi connectivity index (χ1n) is 18.3. The highest BCUT2D eigenvalue weighted by atomic mass is 19.1. The minimum atomic E-state index is -1.24. The number of likely N-dealkylation sites (tertiary alicyclic amines) is 1. The zero-order valence-corrected chi connectivity index (χ0v) is 31.0. The highest BCUT2D eigenvalue weighted by molar-refractivity contribution is 6.02. The summed E-state index contributed by atoms with van der Waals surface area (Å²) < 4.78 is 50.2. The van der Waals surface area contributed by atoms with Gasteiger partial charge >= 0.3 is 6.01 Å². The lowest BCUT2D eigenvalue weighted by Crippen LogP contribution is -2.55. The minimum absolute atomic E-state index is 0.0143. The van der Waals surface area contributed by atoms with Crippen LogP contribution in [-0.2, 0) is 4.74 Å². The summed E-state index contributed by atoms with van der Waals surface area (Å²) in [5.41, 5.74) is -2.66. The van der Waals surface area contributed by atoms with Crippen LogP contribution in [0.1, 0.15) is 66.7 Å². The molecule has 11 nitrogen and oxygen atoms in total. The van der Waals surface area contributed by atoms with Crippen molar-refractivity contribution in [3.63, 3.8) is 0 Å². The lowest BCUT2D eigenvalue weighted by molar-refractivity contribution is -0.0431. The molecule has 3 fully saturated rings. The van der Waals surface area contributed by atoms with Gasteiger partial charge in [0.15, 0.2) is 5.82 Å². The van der Waals surface area contributed by atoms with Crippen molar-refractivity contribution < 1.29 is 38.3 Å². The number of phenolic OH excluding ortho intramolecular Hbond substituents is 1. The zero-order valence-electron chi connectivity index (χ0n) is 31.0. The molecule has 52 heavy (non-hydrogen) atoms. The van der Waals surface area contributed by atoms with E-state index in [0.717, 1.165) is 38.6 Å². The van der Waals surface area contributed by atoms with E-state index in [1.54, 1.807) is 17.9 Å². The lowest BCUT2D eigenvalue weighted by atomic mass is 9.75. The number of benzene rings is 2. The van der Waals surface area contributed by atoms with Gasteiger partial charge in [0, 0.05) is 35.5 Å². The van der Waals surface area contributed by atoms with Crippen LogP contribution in [0, 0.1) is 17.0 Å². The van der Waals surface area contributed by atoms with Crippen molar-refractivity contribution in [3.8, 4) is 28.9 Å². The van der Waals surface area contributed by atoms with Gasteiger partial charge in [-0.1, -0.05) is 32.4 Å². The topological polar surface area (TPSA) is 134 Å². The number of ether oxygens (including phenoxy) is 3. The molecule has 0 spiro atoms. The highest BCUT2D eigenvalue weighted by Crippen LogP contribution is 2.49. The van der Waals surface area contributed by atoms with Crippen molar-refractivity contribution in [2.24, 2.45) is 5.41 Å². The van der Waals surface area contributed by atoms with Crippen LogP contribution in [0.3, 0.4) is 0 Å². The SMILES string of the molecule is CC.COc1nc(-c2cc(O)cc3cccc(F)c23)c(F)c2nc(OCC34CCCC3N(CC(C)(C)O)CCC4)nc(N3CCOCC(C)(O)C3)c12. The highest BCUT2D eigenvalue weighted by Gasteiger charge is 2.49. The molecule has 2 aromatic carbocycles. The molecule has 2 saturated heterocycles. The number of fused-ring (bicyclic) bond motifs is 3. The summed E-state index contributed by atoms with van der Waals surface area (Å²) in [7, 11) is 1.39. The summed E-state index contributed by atoms with van der Waals surface area (Å²) in [5, 5.41) is 32.9. The Balaban J connectivity index is 0.00000228. The van der Waals surface area contributed by atoms with Gasteiger partial charge in [-0.05, 0) is 76.6 Å². The molecule has 1 aliphatic carbocycles. The molecule has 1 saturated carbocycles. The first-order chi connectivity index (χ1) is 24.8. The molecule has 3 atom stereocenters. The predicted octanol–water partition coefficient (Wildman–Crippen LogP) is 6.24. The van der Waals surface area contributed by atoms with Crippen LogP contribution in [0.4, 0.5) is 14.6 Å². The number of rotatable bonds is 8. The normalized spacial score (nSPS) is 24.0. The van der Waals surface area contributed by atoms with Crippen LogP contribution in [0.25, 0.3) is 32.9 Å². The first-order valence-corrected chi connectivity index (χ1v) is 18.3. The molecular weight excluding hydrogens is 672 g/mol. The Bertz CT molecular complexity index is 1920. The van der Waals surface area contributed by atoms with E-state index in [1.165, 1.54) is 31.4 Å². The van der Waals surface area contributed by atoms with Crippen LogP contribution >= 0.6 is 0 Å². The third-order valence-corrected chi connectivity index (χ3v) is 10.3. The minimum Gasteiger partial charge on any atom is -0.508 e. The number of methoxy groups -OCH3 is 1. The third kappa shape index (κ3) is 7.46. The summed E-state index contributed by atoms with van der Waals surface area (Å²) in [6.07, 6.45) is 4.86. The maximum atomic E-state index is 17.0. The van der Waals surface area contributed by atoms with Crippen LogP contribution in [-0.4, -0.2) is 106 Å². The zero-order chi connectivity index (χ0) is 37.4. The number of phenols is 1. The Morgan fingerprint density at radius 1 is 1.06 bits per heavy atom. The molecule has 0 bridgehead atoms. The summed E-state index contributed by atoms with van der Waals surface area (Å²) in [6, 6.07) is 7.24. The predicted molar refractivity (Wildman–Crippen MR) is 196 cm³/mol. The number of aromatic nitrogens is 3. The van der Waals surface area contributed by atoms with Gasteiger partial charge < -0.3 is 34.4 Å². The third-order valence-electron chi connectivity index (χ3n) is 10.3. The Hall–Kier alpha value is -3.91. The number of pyridine rings is 1. The fourth-order valence-electron chi connectivity index (χ4n) is 8.37. The van der Waals surface area contributed by atoms with Crippen molar-refractivity contribution in [1.29, 1.82) is 0 Å². The second kappa shape index (κ2) is 14.8. The van der Waals surface area contributed by atoms with Crippen LogP contribution in [0.5, 0.6) is 17.6 Å². The van der Waals surface area contributed by atoms with Crippen LogP contribution in [0.2, 0.25) is 0 Å². The van der Waals surface area contributed by atoms with Gasteiger partial charge in [-0.15, -0.1) is 0 Å². The van der Waals surface area contributed by atoms with Crippen LogP contribution < -0.4 is 14.4 Å². The Labute approximate surface area is 303 Å². The second-order valence-electron chi connectivity index (χ2n) is 15.1. The van der Waals surface area contributed by atoms with Gasteiger partial charge in [0.05, 0.1) is 39.1 Å². The summed E-state index contributed by atoms with van der Waals surface area (Å²) in [4.78, 5) is 18.1. The number of aromatic hydroxyl groups is 1. The first kappa shape index (κ1) is 37.8. The molecule has 4 aromatic rings. The maximum absolute atomic E-state index is 17.0. The molecule has 7 rings (SSSR count). The fourth-order valence-corrected chi connectivity index (χ4v) is 8.37. The Morgan fingerprint density at radius 2 is 1.83 bits per heavy atom. The lowest BCUT2D eigenvalue weighted by Gasteiger charge is -2.47. The smallest absolute Gasteiger partial charge is 0.319 e. The average molecular weight is 724 g/mol. The molecule has 4 heterocycles. The van der Waals surface area contributed by atoms with Crippen LogP contribution in [0.15, 0.2) is 30.3 Å². The number of piperidine rings is 1. The molecule has 282 valence electrons. The fraction of sp³-hybridized carbons (Fsp3) is 0.564. The average Bonchev–Trinajstić information content (AvgIpc) is 3.45. The molecule has 3 N–H and O–H groups in total. The van der Waals surface area contributed by atoms with Gasteiger partial charge in [-0.2, -0.15) is 9.97 Å². The molecule has 0 amide bonds. The van der Waals surface area contributed by atoms with Crippen molar-refractivity contribution in [3.05, 3.63) is 42.0 Å². The van der Waals surface area contributed by atoms with Crippen molar-refractivity contribution >= 4 is 27.5 Å². The van der Waals surface area contributed by atoms with Crippen molar-refractivity contribution in [1.82, 2.24) is 19.9 Å². The number of anilines is 1. The second-order valence-corrected chi connectivity index (χ2v) is 15.1. The summed E-state index contributed by atoms with van der Waals surface area (Å²) in [6.45, 7) is 11.9. The summed E-state index contributed by atoms with van der Waals surface area (Å²) in [5.74, 6) is -1.42. The molecule has 2 aromatic heterocycles. The summed E-state index contributed by atoms with van der Waals surface area (Å²) >= 11 is 0. The largest absolute Gasteiger partial charge is 0.508 e. The van der Waals surface area contributed by atoms with Crippen molar-refractivity contribution in [2.75, 3.05) is 58.0 Å². The standard InChI is InChI=1S/C37H45F2N5O6.C2H6/c1-35(2,46)18-43-13-7-12-37(11-6-10-26(37)43)21-50-34-41-31-28(32(42-34)44-14-15-49-20-36(3,47)19-44)33(48-4)40-30(29(31)39)24-17-23(45)16-22-8-5-9-25(38)27(22)24;1-2/h5,8-9,16-17,26,45-47H,6-7,10-15,18-21H2,1-4H3;1-2H3. The molecule has 3 aliphatic rings. The molecule has 2 aliphatic heterocycles. The molecular formula is C39H51F2N5O6. The van der Waals surface area contributed by atoms with E-state index in [2.05, 4.69) is 14.9 Å². The number of hydrogen-bond acceptors (Lipinski definition) is 11. The Kier molecular flexibility index (Phi) is 10.8. The van der Waals surface area contributed by atoms with Gasteiger partial charge in [-0.3, -0.25) is 4.90 Å². The van der Waals surface area contributed by atoms with E-state index in [0.29, 0.717) is 25.1 Å². The van der Waals surface area contributed by atoms with E-state index in [1.807, 2.05) is 27.7 Å². The van der Waals surface area contributed by atoms with Gasteiger partial charge in [-0.25, -0.2) is 13.8 Å². The van der Waals surface area contributed by atoms with Gasteiger partial charge in [0.1, 0.15) is 39.6 Å².